The fraction of sp³-hybridized carbons (Fsp3) is 0.600. The van der Waals surface area contributed by atoms with Crippen LogP contribution in [0.3, 0.4) is 0 Å². The Balaban J connectivity index is 0. The van der Waals surface area contributed by atoms with Crippen molar-refractivity contribution in [3.05, 3.63) is 25.3 Å². The summed E-state index contributed by atoms with van der Waals surface area (Å²) in [4.78, 5) is 1.99. The second kappa shape index (κ2) is 9.53. The lowest BCUT2D eigenvalue weighted by atomic mass is 10.2. The first kappa shape index (κ1) is 16.4. The molecule has 14 heavy (non-hydrogen) atoms. The molecular formula is C10H19Cl2NO. The fourth-order valence-corrected chi connectivity index (χ4v) is 1.48. The number of hydrogen-bond donors (Lipinski definition) is 1. The third-order valence-electron chi connectivity index (χ3n) is 1.66. The number of aliphatic hydroxyl groups is 1. The molecule has 4 heteroatoms. The monoisotopic (exact) mass is 239 g/mol. The first-order valence-corrected chi connectivity index (χ1v) is 4.83. The van der Waals surface area contributed by atoms with Crippen LogP contribution < -0.4 is 0 Å². The molecule has 0 radical (unpaired) electrons. The van der Waals surface area contributed by atoms with Crippen LogP contribution in [0.5, 0.6) is 0 Å². The van der Waals surface area contributed by atoms with Gasteiger partial charge in [-0.2, -0.15) is 0 Å². The zero-order valence-electron chi connectivity index (χ0n) is 8.53. The van der Waals surface area contributed by atoms with Crippen LogP contribution in [0.15, 0.2) is 25.3 Å². The molecule has 2 unspecified atom stereocenters. The standard InChI is InChI=1S/C10H18ClNO.ClH/c1-4-6-12(7-5-2)10(11)8-9(3)13;/h4-5,9-10,13H,1-2,6-8H2,3H3;1H. The Bertz CT molecular complexity index is 152. The average molecular weight is 240 g/mol. The molecule has 2 atom stereocenters. The van der Waals surface area contributed by atoms with Gasteiger partial charge in [0, 0.05) is 19.5 Å². The molecule has 0 saturated carbocycles. The van der Waals surface area contributed by atoms with Gasteiger partial charge in [0.2, 0.25) is 0 Å². The molecule has 0 spiro atoms. The molecule has 0 rings (SSSR count). The molecule has 0 saturated heterocycles. The molecule has 0 aromatic heterocycles. The second-order valence-corrected chi connectivity index (χ2v) is 3.55. The molecule has 2 nitrogen and oxygen atoms in total. The van der Waals surface area contributed by atoms with E-state index >= 15 is 0 Å². The van der Waals surface area contributed by atoms with E-state index in [0.29, 0.717) is 19.5 Å². The summed E-state index contributed by atoms with van der Waals surface area (Å²) in [6.07, 6.45) is 3.77. The van der Waals surface area contributed by atoms with E-state index in [1.165, 1.54) is 0 Å². The van der Waals surface area contributed by atoms with E-state index in [9.17, 15) is 0 Å². The maximum absolute atomic E-state index is 9.15. The van der Waals surface area contributed by atoms with Crippen molar-refractivity contribution in [3.63, 3.8) is 0 Å². The Kier molecular flexibility index (Phi) is 11.2. The van der Waals surface area contributed by atoms with Gasteiger partial charge >= 0.3 is 0 Å². The summed E-state index contributed by atoms with van der Waals surface area (Å²) in [7, 11) is 0. The lowest BCUT2D eigenvalue weighted by molar-refractivity contribution is 0.153. The van der Waals surface area contributed by atoms with Gasteiger partial charge in [-0.15, -0.1) is 37.2 Å². The van der Waals surface area contributed by atoms with E-state index in [1.54, 1.807) is 19.1 Å². The van der Waals surface area contributed by atoms with Crippen LogP contribution in [0.1, 0.15) is 13.3 Å². The smallest absolute Gasteiger partial charge is 0.0880 e. The normalized spacial score (nSPS) is 14.3. The quantitative estimate of drug-likeness (QED) is 0.419. The molecule has 1 N–H and O–H groups in total. The van der Waals surface area contributed by atoms with E-state index in [2.05, 4.69) is 13.2 Å². The zero-order valence-corrected chi connectivity index (χ0v) is 10.1. The van der Waals surface area contributed by atoms with Crippen molar-refractivity contribution in [1.29, 1.82) is 0 Å². The Morgan fingerprint density at radius 1 is 1.36 bits per heavy atom. The van der Waals surface area contributed by atoms with Gasteiger partial charge in [-0.05, 0) is 6.92 Å². The molecule has 0 aromatic carbocycles. The minimum absolute atomic E-state index is 0. The summed E-state index contributed by atoms with van der Waals surface area (Å²) in [6.45, 7) is 10.5. The molecule has 0 aliphatic carbocycles. The predicted molar refractivity (Wildman–Crippen MR) is 65.2 cm³/mol. The molecule has 0 bridgehead atoms. The first-order chi connectivity index (χ1) is 6.11. The molecule has 0 aliphatic rings. The first-order valence-electron chi connectivity index (χ1n) is 4.39. The number of aliphatic hydroxyl groups excluding tert-OH is 1. The van der Waals surface area contributed by atoms with Crippen LogP contribution in [-0.4, -0.2) is 34.7 Å². The van der Waals surface area contributed by atoms with Crippen LogP contribution >= 0.6 is 24.0 Å². The van der Waals surface area contributed by atoms with Gasteiger partial charge in [-0.3, -0.25) is 4.90 Å². The summed E-state index contributed by atoms with van der Waals surface area (Å²) in [6, 6.07) is 0. The fourth-order valence-electron chi connectivity index (χ4n) is 1.07. The summed E-state index contributed by atoms with van der Waals surface area (Å²) in [5.74, 6) is 0. The maximum atomic E-state index is 9.15. The lowest BCUT2D eigenvalue weighted by Crippen LogP contribution is -2.33. The van der Waals surface area contributed by atoms with Gasteiger partial charge in [-0.25, -0.2) is 0 Å². The molecule has 84 valence electrons. The minimum atomic E-state index is -0.375. The Hall–Kier alpha value is -0.0200. The van der Waals surface area contributed by atoms with Crippen LogP contribution in [0, 0.1) is 0 Å². The molecular weight excluding hydrogens is 221 g/mol. The lowest BCUT2D eigenvalue weighted by Gasteiger charge is -2.25. The third-order valence-corrected chi connectivity index (χ3v) is 2.11. The highest BCUT2D eigenvalue weighted by Gasteiger charge is 2.14. The third kappa shape index (κ3) is 7.39. The number of hydrogen-bond acceptors (Lipinski definition) is 2. The van der Waals surface area contributed by atoms with Crippen molar-refractivity contribution in [1.82, 2.24) is 4.90 Å². The molecule has 0 aliphatic heterocycles. The Morgan fingerprint density at radius 2 is 1.79 bits per heavy atom. The van der Waals surface area contributed by atoms with Crippen LogP contribution in [0.4, 0.5) is 0 Å². The highest BCUT2D eigenvalue weighted by molar-refractivity contribution is 6.20. The highest BCUT2D eigenvalue weighted by atomic mass is 35.5. The molecule has 0 fully saturated rings. The van der Waals surface area contributed by atoms with E-state index in [1.807, 2.05) is 4.90 Å². The number of nitrogens with zero attached hydrogens (tertiary/aromatic N) is 1. The van der Waals surface area contributed by atoms with Gasteiger partial charge in [0.25, 0.3) is 0 Å². The maximum Gasteiger partial charge on any atom is 0.0880 e. The topological polar surface area (TPSA) is 23.5 Å². The zero-order chi connectivity index (χ0) is 10.3. The Morgan fingerprint density at radius 3 is 2.07 bits per heavy atom. The second-order valence-electron chi connectivity index (χ2n) is 3.05. The number of rotatable bonds is 7. The van der Waals surface area contributed by atoms with Crippen LogP contribution in [0.2, 0.25) is 0 Å². The van der Waals surface area contributed by atoms with E-state index in [4.69, 9.17) is 16.7 Å². The van der Waals surface area contributed by atoms with Crippen molar-refractivity contribution in [2.75, 3.05) is 13.1 Å². The van der Waals surface area contributed by atoms with Crippen LogP contribution in [0.25, 0.3) is 0 Å². The van der Waals surface area contributed by atoms with Gasteiger partial charge in [0.15, 0.2) is 0 Å². The van der Waals surface area contributed by atoms with E-state index in [0.717, 1.165) is 0 Å². The van der Waals surface area contributed by atoms with Gasteiger partial charge in [-0.1, -0.05) is 12.2 Å². The summed E-state index contributed by atoms with van der Waals surface area (Å²) >= 11 is 6.07. The minimum Gasteiger partial charge on any atom is -0.393 e. The van der Waals surface area contributed by atoms with Crippen molar-refractivity contribution < 1.29 is 5.11 Å². The van der Waals surface area contributed by atoms with E-state index < -0.39 is 0 Å². The van der Waals surface area contributed by atoms with E-state index in [-0.39, 0.29) is 24.0 Å². The number of alkyl halides is 1. The summed E-state index contributed by atoms with van der Waals surface area (Å²) in [5, 5.41) is 9.15. The predicted octanol–water partition coefficient (Wildman–Crippen LogP) is 2.42. The van der Waals surface area contributed by atoms with Crippen molar-refractivity contribution >= 4 is 24.0 Å². The SMILES string of the molecule is C=CCN(CC=C)C(Cl)CC(C)O.Cl. The van der Waals surface area contributed by atoms with Crippen molar-refractivity contribution in [2.45, 2.75) is 24.9 Å². The van der Waals surface area contributed by atoms with Crippen molar-refractivity contribution in [3.8, 4) is 0 Å². The summed E-state index contributed by atoms with van der Waals surface area (Å²) < 4.78 is 0. The van der Waals surface area contributed by atoms with Crippen LogP contribution in [-0.2, 0) is 0 Å². The largest absolute Gasteiger partial charge is 0.393 e. The van der Waals surface area contributed by atoms with Gasteiger partial charge in [0.05, 0.1) is 11.6 Å². The molecule has 0 aromatic rings. The number of halogens is 2. The molecule has 0 amide bonds. The Labute approximate surface area is 97.7 Å². The van der Waals surface area contributed by atoms with Gasteiger partial charge < -0.3 is 5.11 Å². The average Bonchev–Trinajstić information content (AvgIpc) is 2.02. The van der Waals surface area contributed by atoms with Crippen molar-refractivity contribution in [2.24, 2.45) is 0 Å². The molecule has 0 heterocycles. The highest BCUT2D eigenvalue weighted by Crippen LogP contribution is 2.11. The summed E-state index contributed by atoms with van der Waals surface area (Å²) in [5.41, 5.74) is -0.156. The van der Waals surface area contributed by atoms with Gasteiger partial charge in [0.1, 0.15) is 0 Å².